The van der Waals surface area contributed by atoms with Gasteiger partial charge in [0.2, 0.25) is 5.91 Å². The van der Waals surface area contributed by atoms with E-state index < -0.39 is 0 Å². The van der Waals surface area contributed by atoms with Gasteiger partial charge in [-0.05, 0) is 17.2 Å². The first-order valence-electron chi connectivity index (χ1n) is 8.63. The molecule has 0 N–H and O–H groups in total. The lowest BCUT2D eigenvalue weighted by molar-refractivity contribution is -0.129. The van der Waals surface area contributed by atoms with Crippen LogP contribution >= 0.6 is 0 Å². The molecule has 0 saturated heterocycles. The Kier molecular flexibility index (Phi) is 4.38. The molecule has 0 aliphatic heterocycles. The van der Waals surface area contributed by atoms with Crippen molar-refractivity contribution in [2.75, 3.05) is 14.1 Å². The second-order valence-electron chi connectivity index (χ2n) is 6.58. The van der Waals surface area contributed by atoms with Crippen molar-refractivity contribution in [3.8, 4) is 22.3 Å². The molecule has 0 fully saturated rings. The summed E-state index contributed by atoms with van der Waals surface area (Å²) in [5.74, 6) is 0.0112. The van der Waals surface area contributed by atoms with Gasteiger partial charge >= 0.3 is 0 Å². The third-order valence-electron chi connectivity index (χ3n) is 4.52. The van der Waals surface area contributed by atoms with E-state index in [-0.39, 0.29) is 12.5 Å². The van der Waals surface area contributed by atoms with E-state index in [1.165, 1.54) is 0 Å². The summed E-state index contributed by atoms with van der Waals surface area (Å²) in [7, 11) is 3.48. The first-order chi connectivity index (χ1) is 13.1. The van der Waals surface area contributed by atoms with E-state index >= 15 is 0 Å². The first kappa shape index (κ1) is 16.9. The van der Waals surface area contributed by atoms with Crippen molar-refractivity contribution in [3.63, 3.8) is 0 Å². The van der Waals surface area contributed by atoms with Crippen LogP contribution in [0.1, 0.15) is 0 Å². The van der Waals surface area contributed by atoms with Crippen molar-refractivity contribution >= 4 is 16.7 Å². The molecule has 0 radical (unpaired) electrons. The molecule has 1 amide bonds. The van der Waals surface area contributed by atoms with E-state index in [0.717, 1.165) is 33.0 Å². The van der Waals surface area contributed by atoms with Gasteiger partial charge in [-0.2, -0.15) is 5.10 Å². The van der Waals surface area contributed by atoms with Gasteiger partial charge in [-0.15, -0.1) is 0 Å². The molecule has 27 heavy (non-hydrogen) atoms. The van der Waals surface area contributed by atoms with Crippen molar-refractivity contribution in [2.24, 2.45) is 0 Å². The molecule has 4 rings (SSSR count). The van der Waals surface area contributed by atoms with Crippen LogP contribution in [0, 0.1) is 0 Å². The van der Waals surface area contributed by atoms with Crippen LogP contribution in [0.2, 0.25) is 0 Å². The summed E-state index contributed by atoms with van der Waals surface area (Å²) in [6.07, 6.45) is 11.0. The number of carbonyl (C=O) groups is 1. The second-order valence-corrected chi connectivity index (χ2v) is 6.58. The highest BCUT2D eigenvalue weighted by molar-refractivity contribution is 5.95. The van der Waals surface area contributed by atoms with Crippen LogP contribution in [0.25, 0.3) is 33.0 Å². The molecule has 0 bridgehead atoms. The van der Waals surface area contributed by atoms with Crippen molar-refractivity contribution in [2.45, 2.75) is 6.54 Å². The fourth-order valence-corrected chi connectivity index (χ4v) is 2.96. The minimum absolute atomic E-state index is 0.0112. The number of hydrogen-bond donors (Lipinski definition) is 0. The summed E-state index contributed by atoms with van der Waals surface area (Å²) >= 11 is 0. The SMILES string of the molecule is CN(C)C(=O)Cn1cc(-c2ccc(-c3cncc4ccncc34)cc2)cn1. The molecule has 3 aromatic heterocycles. The van der Waals surface area contributed by atoms with Crippen LogP contribution in [0.5, 0.6) is 0 Å². The summed E-state index contributed by atoms with van der Waals surface area (Å²) < 4.78 is 1.66. The van der Waals surface area contributed by atoms with Crippen molar-refractivity contribution in [3.05, 3.63) is 67.5 Å². The number of hydrogen-bond acceptors (Lipinski definition) is 4. The van der Waals surface area contributed by atoms with Crippen LogP contribution in [0.3, 0.4) is 0 Å². The monoisotopic (exact) mass is 357 g/mol. The highest BCUT2D eigenvalue weighted by atomic mass is 16.2. The normalized spacial score (nSPS) is 10.9. The quantitative estimate of drug-likeness (QED) is 0.562. The van der Waals surface area contributed by atoms with Crippen LogP contribution in [-0.4, -0.2) is 44.7 Å². The maximum absolute atomic E-state index is 11.8. The van der Waals surface area contributed by atoms with E-state index in [4.69, 9.17) is 0 Å². The number of amides is 1. The smallest absolute Gasteiger partial charge is 0.243 e. The van der Waals surface area contributed by atoms with Gasteiger partial charge in [0.25, 0.3) is 0 Å². The maximum atomic E-state index is 11.8. The molecule has 6 heteroatoms. The Hall–Kier alpha value is -3.54. The molecule has 6 nitrogen and oxygen atoms in total. The number of fused-ring (bicyclic) bond motifs is 1. The highest BCUT2D eigenvalue weighted by Gasteiger charge is 2.09. The summed E-state index contributed by atoms with van der Waals surface area (Å²) in [5, 5.41) is 6.43. The molecule has 0 aliphatic carbocycles. The lowest BCUT2D eigenvalue weighted by Gasteiger charge is -2.09. The number of carbonyl (C=O) groups excluding carboxylic acids is 1. The van der Waals surface area contributed by atoms with Crippen molar-refractivity contribution in [1.29, 1.82) is 0 Å². The van der Waals surface area contributed by atoms with Crippen LogP contribution in [-0.2, 0) is 11.3 Å². The van der Waals surface area contributed by atoms with E-state index in [1.54, 1.807) is 36.1 Å². The van der Waals surface area contributed by atoms with Crippen LogP contribution in [0.15, 0.2) is 67.5 Å². The Morgan fingerprint density at radius 2 is 1.70 bits per heavy atom. The van der Waals surface area contributed by atoms with Gasteiger partial charge in [-0.25, -0.2) is 0 Å². The molecule has 134 valence electrons. The molecule has 4 aromatic rings. The third-order valence-corrected chi connectivity index (χ3v) is 4.52. The summed E-state index contributed by atoms with van der Waals surface area (Å²) in [5.41, 5.74) is 4.17. The maximum Gasteiger partial charge on any atom is 0.243 e. The molecule has 3 heterocycles. The average Bonchev–Trinajstić information content (AvgIpc) is 3.16. The van der Waals surface area contributed by atoms with Crippen molar-refractivity contribution < 1.29 is 4.79 Å². The molecule has 0 unspecified atom stereocenters. The van der Waals surface area contributed by atoms with Gasteiger partial charge in [0, 0.05) is 67.0 Å². The second kappa shape index (κ2) is 6.99. The number of benzene rings is 1. The molecule has 0 saturated carbocycles. The van der Waals surface area contributed by atoms with Crippen LogP contribution in [0.4, 0.5) is 0 Å². The predicted molar refractivity (Wildman–Crippen MR) is 105 cm³/mol. The molecule has 0 atom stereocenters. The van der Waals surface area contributed by atoms with Gasteiger partial charge in [0.15, 0.2) is 0 Å². The summed E-state index contributed by atoms with van der Waals surface area (Å²) in [6, 6.07) is 10.2. The van der Waals surface area contributed by atoms with Gasteiger partial charge < -0.3 is 4.90 Å². The summed E-state index contributed by atoms with van der Waals surface area (Å²) in [4.78, 5) is 22.0. The number of rotatable bonds is 4. The lowest BCUT2D eigenvalue weighted by Crippen LogP contribution is -2.26. The Morgan fingerprint density at radius 1 is 0.926 bits per heavy atom. The van der Waals surface area contributed by atoms with E-state index in [2.05, 4.69) is 39.3 Å². The molecular formula is C21H19N5O. The van der Waals surface area contributed by atoms with Gasteiger partial charge in [-0.1, -0.05) is 24.3 Å². The fourth-order valence-electron chi connectivity index (χ4n) is 2.96. The Balaban J connectivity index is 1.61. The number of nitrogens with zero attached hydrogens (tertiary/aromatic N) is 5. The fraction of sp³-hybridized carbons (Fsp3) is 0.143. The molecular weight excluding hydrogens is 338 g/mol. The van der Waals surface area contributed by atoms with Gasteiger partial charge in [-0.3, -0.25) is 19.4 Å². The lowest BCUT2D eigenvalue weighted by atomic mass is 10.00. The molecule has 1 aromatic carbocycles. The molecule has 0 aliphatic rings. The predicted octanol–water partition coefficient (Wildman–Crippen LogP) is 3.25. The number of pyridine rings is 2. The largest absolute Gasteiger partial charge is 0.347 e. The topological polar surface area (TPSA) is 63.9 Å². The number of likely N-dealkylation sites (N-methyl/N-ethyl adjacent to an activating group) is 1. The van der Waals surface area contributed by atoms with Gasteiger partial charge in [0.1, 0.15) is 6.54 Å². The van der Waals surface area contributed by atoms with E-state index in [0.29, 0.717) is 0 Å². The highest BCUT2D eigenvalue weighted by Crippen LogP contribution is 2.29. The zero-order valence-electron chi connectivity index (χ0n) is 15.2. The number of aromatic nitrogens is 4. The van der Waals surface area contributed by atoms with E-state index in [1.807, 2.05) is 30.9 Å². The van der Waals surface area contributed by atoms with E-state index in [9.17, 15) is 4.79 Å². The zero-order chi connectivity index (χ0) is 18.8. The Morgan fingerprint density at radius 3 is 2.48 bits per heavy atom. The zero-order valence-corrected chi connectivity index (χ0v) is 15.2. The summed E-state index contributed by atoms with van der Waals surface area (Å²) in [6.45, 7) is 0.236. The Bertz CT molecular complexity index is 1090. The first-order valence-corrected chi connectivity index (χ1v) is 8.63. The van der Waals surface area contributed by atoms with Gasteiger partial charge in [0.05, 0.1) is 6.20 Å². The third kappa shape index (κ3) is 3.42. The average molecular weight is 357 g/mol. The van der Waals surface area contributed by atoms with Crippen molar-refractivity contribution in [1.82, 2.24) is 24.6 Å². The molecule has 0 spiro atoms. The standard InChI is InChI=1S/C21H19N5O/c1-25(2)21(27)14-26-13-18(10-24-26)15-3-5-16(6-4-15)19-12-23-9-17-7-8-22-11-20(17)19/h3-13H,14H2,1-2H3. The minimum Gasteiger partial charge on any atom is -0.347 e. The Labute approximate surface area is 157 Å². The van der Waals surface area contributed by atoms with Crippen LogP contribution < -0.4 is 0 Å². The minimum atomic E-state index is 0.0112.